The van der Waals surface area contributed by atoms with Gasteiger partial charge in [-0.15, -0.1) is 0 Å². The lowest BCUT2D eigenvalue weighted by Crippen LogP contribution is -2.51. The van der Waals surface area contributed by atoms with Crippen molar-refractivity contribution in [3.8, 4) is 11.3 Å². The fraction of sp³-hybridized carbons (Fsp3) is 0.407. The van der Waals surface area contributed by atoms with Gasteiger partial charge in [0.15, 0.2) is 0 Å². The Hall–Kier alpha value is -3.06. The molecule has 1 amide bonds. The largest absolute Gasteiger partial charge is 0.353 e. The van der Waals surface area contributed by atoms with E-state index in [1.165, 1.54) is 12.1 Å². The summed E-state index contributed by atoms with van der Waals surface area (Å²) in [5, 5.41) is 0.272. The lowest BCUT2D eigenvalue weighted by molar-refractivity contribution is -0.127. The van der Waals surface area contributed by atoms with Crippen molar-refractivity contribution in [3.05, 3.63) is 65.1 Å². The Morgan fingerprint density at radius 3 is 2.43 bits per heavy atom. The van der Waals surface area contributed by atoms with Crippen molar-refractivity contribution < 1.29 is 14.0 Å². The highest BCUT2D eigenvalue weighted by Gasteiger charge is 2.35. The molecule has 1 fully saturated rings. The molecule has 1 aliphatic rings. The monoisotopic (exact) mass is 498 g/mol. The summed E-state index contributed by atoms with van der Waals surface area (Å²) in [5.74, 6) is 0.300. The van der Waals surface area contributed by atoms with E-state index in [0.29, 0.717) is 49.7 Å². The second-order valence-electron chi connectivity index (χ2n) is 9.39. The summed E-state index contributed by atoms with van der Waals surface area (Å²) in [4.78, 5) is 37.7. The van der Waals surface area contributed by atoms with Gasteiger partial charge in [0.1, 0.15) is 17.9 Å². The van der Waals surface area contributed by atoms with Crippen molar-refractivity contribution in [2.45, 2.75) is 32.6 Å². The van der Waals surface area contributed by atoms with Crippen molar-refractivity contribution in [1.29, 1.82) is 0 Å². The summed E-state index contributed by atoms with van der Waals surface area (Å²) in [6, 6.07) is 8.04. The predicted molar refractivity (Wildman–Crippen MR) is 138 cm³/mol. The van der Waals surface area contributed by atoms with Gasteiger partial charge in [0.25, 0.3) is 0 Å². The Labute approximate surface area is 211 Å². The summed E-state index contributed by atoms with van der Waals surface area (Å²) in [7, 11) is 1.68. The number of aliphatic imine (C=N–C) groups is 1. The highest BCUT2D eigenvalue weighted by molar-refractivity contribution is 6.33. The summed E-state index contributed by atoms with van der Waals surface area (Å²) >= 11 is 6.68. The number of pyridine rings is 1. The molecule has 1 aromatic carbocycles. The van der Waals surface area contributed by atoms with Crippen LogP contribution in [0, 0.1) is 11.7 Å². The number of piperazine rings is 1. The number of hydrogen-bond donors (Lipinski definition) is 0. The minimum absolute atomic E-state index is 0.107. The first kappa shape index (κ1) is 26.5. The van der Waals surface area contributed by atoms with Crippen LogP contribution in [0.4, 0.5) is 4.39 Å². The molecule has 1 atom stereocenters. The minimum Gasteiger partial charge on any atom is -0.353 e. The zero-order valence-corrected chi connectivity index (χ0v) is 21.5. The highest BCUT2D eigenvalue weighted by Crippen LogP contribution is 2.37. The molecule has 1 saturated heterocycles. The average molecular weight is 499 g/mol. The number of aromatic nitrogens is 1. The molecular formula is C27H32ClFN4O2. The van der Waals surface area contributed by atoms with Crippen LogP contribution in [0.25, 0.3) is 11.3 Å². The van der Waals surface area contributed by atoms with Crippen LogP contribution in [0.2, 0.25) is 5.02 Å². The van der Waals surface area contributed by atoms with Crippen LogP contribution in [0.5, 0.6) is 0 Å². The molecule has 0 saturated carbocycles. The Morgan fingerprint density at radius 1 is 1.26 bits per heavy atom. The molecule has 2 aromatic rings. The van der Waals surface area contributed by atoms with Gasteiger partial charge >= 0.3 is 0 Å². The Kier molecular flexibility index (Phi) is 8.43. The highest BCUT2D eigenvalue weighted by atomic mass is 35.5. The molecular weight excluding hydrogens is 467 g/mol. The van der Waals surface area contributed by atoms with Gasteiger partial charge < -0.3 is 14.6 Å². The first-order valence-corrected chi connectivity index (χ1v) is 12.1. The molecule has 0 aliphatic carbocycles. The normalized spacial score (nSPS) is 16.3. The zero-order chi connectivity index (χ0) is 25.8. The van der Waals surface area contributed by atoms with Crippen molar-refractivity contribution in [2.24, 2.45) is 10.9 Å². The number of benzene rings is 1. The molecule has 1 aliphatic heterocycles. The zero-order valence-electron chi connectivity index (χ0n) is 20.7. The number of rotatable bonds is 7. The van der Waals surface area contributed by atoms with Gasteiger partial charge in [-0.05, 0) is 43.5 Å². The van der Waals surface area contributed by atoms with Crippen molar-refractivity contribution in [2.75, 3.05) is 33.2 Å². The third kappa shape index (κ3) is 5.61. The second-order valence-corrected chi connectivity index (χ2v) is 9.80. The number of amidine groups is 1. The van der Waals surface area contributed by atoms with Gasteiger partial charge in [0.05, 0.1) is 21.8 Å². The molecule has 0 spiro atoms. The smallest absolute Gasteiger partial charge is 0.246 e. The number of amides is 1. The third-order valence-corrected chi connectivity index (χ3v) is 6.54. The maximum atomic E-state index is 14.7. The fourth-order valence-electron chi connectivity index (χ4n) is 4.69. The van der Waals surface area contributed by atoms with Crippen LogP contribution in [0.1, 0.15) is 38.4 Å². The molecule has 0 N–H and O–H groups in total. The Bertz CT molecular complexity index is 1140. The van der Waals surface area contributed by atoms with Gasteiger partial charge in [0.2, 0.25) is 5.91 Å². The van der Waals surface area contributed by atoms with Gasteiger partial charge in [0, 0.05) is 44.4 Å². The number of hydrogen-bond acceptors (Lipinski definition) is 4. The Morgan fingerprint density at radius 2 is 1.89 bits per heavy atom. The van der Waals surface area contributed by atoms with E-state index in [0.717, 1.165) is 6.29 Å². The van der Waals surface area contributed by atoms with Crippen LogP contribution < -0.4 is 0 Å². The second kappa shape index (κ2) is 11.1. The van der Waals surface area contributed by atoms with E-state index in [2.05, 4.69) is 16.5 Å². The van der Waals surface area contributed by atoms with Crippen LogP contribution in [0.15, 0.2) is 48.0 Å². The predicted octanol–water partition coefficient (Wildman–Crippen LogP) is 4.75. The van der Waals surface area contributed by atoms with Gasteiger partial charge in [-0.1, -0.05) is 44.2 Å². The number of carbonyl (C=O) groups excluding carboxylic acids is 2. The van der Waals surface area contributed by atoms with E-state index in [1.54, 1.807) is 36.2 Å². The number of halogens is 2. The molecule has 0 radical (unpaired) electrons. The summed E-state index contributed by atoms with van der Waals surface area (Å²) in [6.45, 7) is 11.6. The summed E-state index contributed by atoms with van der Waals surface area (Å²) < 4.78 is 14.7. The summed E-state index contributed by atoms with van der Waals surface area (Å²) in [6.07, 6.45) is 2.77. The van der Waals surface area contributed by atoms with Crippen LogP contribution in [0.3, 0.4) is 0 Å². The van der Waals surface area contributed by atoms with Crippen molar-refractivity contribution in [3.63, 3.8) is 0 Å². The maximum absolute atomic E-state index is 14.7. The number of nitrogens with zero attached hydrogens (tertiary/aromatic N) is 4. The van der Waals surface area contributed by atoms with E-state index in [9.17, 15) is 14.0 Å². The van der Waals surface area contributed by atoms with Gasteiger partial charge in [-0.3, -0.25) is 9.79 Å². The van der Waals surface area contributed by atoms with Gasteiger partial charge in [-0.25, -0.2) is 9.37 Å². The summed E-state index contributed by atoms with van der Waals surface area (Å²) in [5.41, 5.74) is 0.766. The van der Waals surface area contributed by atoms with Gasteiger partial charge in [-0.2, -0.15) is 0 Å². The van der Waals surface area contributed by atoms with E-state index >= 15 is 0 Å². The lowest BCUT2D eigenvalue weighted by Gasteiger charge is -2.37. The maximum Gasteiger partial charge on any atom is 0.246 e. The first-order chi connectivity index (χ1) is 16.6. The molecule has 6 nitrogen and oxygen atoms in total. The SMILES string of the molecule is C=CC(=O)N1CCN(/C(=N/C)c2cc(Cl)c(-c3ccccc3F)nc2C(C)(C=O)CC(C)C)CC1. The topological polar surface area (TPSA) is 65.9 Å². The quantitative estimate of drug-likeness (QED) is 0.239. The van der Waals surface area contributed by atoms with E-state index in [-0.39, 0.29) is 28.1 Å². The lowest BCUT2D eigenvalue weighted by atomic mass is 9.78. The number of aldehydes is 1. The van der Waals surface area contributed by atoms with Crippen LogP contribution in [-0.4, -0.2) is 66.0 Å². The van der Waals surface area contributed by atoms with Crippen molar-refractivity contribution >= 4 is 29.6 Å². The van der Waals surface area contributed by atoms with Crippen LogP contribution >= 0.6 is 11.6 Å². The average Bonchev–Trinajstić information content (AvgIpc) is 2.84. The molecule has 1 aromatic heterocycles. The number of carbonyl (C=O) groups is 2. The Balaban J connectivity index is 2.15. The van der Waals surface area contributed by atoms with E-state index in [4.69, 9.17) is 16.6 Å². The first-order valence-electron chi connectivity index (χ1n) is 11.7. The fourth-order valence-corrected chi connectivity index (χ4v) is 4.94. The molecule has 8 heteroatoms. The third-order valence-electron chi connectivity index (χ3n) is 6.26. The van der Waals surface area contributed by atoms with Crippen LogP contribution in [-0.2, 0) is 15.0 Å². The molecule has 2 heterocycles. The molecule has 186 valence electrons. The molecule has 1 unspecified atom stereocenters. The molecule has 35 heavy (non-hydrogen) atoms. The van der Waals surface area contributed by atoms with Crippen molar-refractivity contribution in [1.82, 2.24) is 14.8 Å². The molecule has 0 bridgehead atoms. The molecule has 3 rings (SSSR count). The van der Waals surface area contributed by atoms with E-state index < -0.39 is 11.2 Å². The minimum atomic E-state index is -0.940. The standard InChI is InChI=1S/C27H32ClFN4O2/c1-6-23(35)32-11-13-33(14-12-32)26(30-5)20-15-21(28)24(19-9-7-8-10-22(19)29)31-25(20)27(4,17-34)16-18(2)3/h6-10,15,17-18H,1,11-14,16H2,2-5H3/b30-26+. The van der Waals surface area contributed by atoms with E-state index in [1.807, 2.05) is 20.8 Å².